The molecule has 0 fully saturated rings. The highest BCUT2D eigenvalue weighted by Gasteiger charge is 2.10. The SMILES string of the molecule is NS(=O)(=O)c1cccc(Nc2nnc(Br)c3ccccc23)c1. The van der Waals surface area contributed by atoms with E-state index in [-0.39, 0.29) is 4.90 Å². The monoisotopic (exact) mass is 378 g/mol. The second kappa shape index (κ2) is 5.64. The van der Waals surface area contributed by atoms with Crippen LogP contribution in [0.2, 0.25) is 0 Å². The summed E-state index contributed by atoms with van der Waals surface area (Å²) in [5, 5.41) is 18.1. The lowest BCUT2D eigenvalue weighted by molar-refractivity contribution is 0.598. The van der Waals surface area contributed by atoms with Gasteiger partial charge in [0.25, 0.3) is 0 Å². The Balaban J connectivity index is 2.06. The molecular formula is C14H11BrN4O2S. The molecule has 112 valence electrons. The maximum Gasteiger partial charge on any atom is 0.238 e. The molecule has 6 nitrogen and oxygen atoms in total. The highest BCUT2D eigenvalue weighted by atomic mass is 79.9. The number of nitrogens with two attached hydrogens (primary N) is 1. The third-order valence-corrected chi connectivity index (χ3v) is 4.56. The van der Waals surface area contributed by atoms with Gasteiger partial charge in [0.15, 0.2) is 5.82 Å². The Hall–Kier alpha value is -2.03. The van der Waals surface area contributed by atoms with Crippen LogP contribution in [0.3, 0.4) is 0 Å². The minimum Gasteiger partial charge on any atom is -0.338 e. The number of sulfonamides is 1. The van der Waals surface area contributed by atoms with Crippen LogP contribution in [0.25, 0.3) is 10.8 Å². The maximum absolute atomic E-state index is 11.4. The highest BCUT2D eigenvalue weighted by molar-refractivity contribution is 9.10. The van der Waals surface area contributed by atoms with Crippen molar-refractivity contribution in [2.24, 2.45) is 5.14 Å². The number of benzene rings is 2. The van der Waals surface area contributed by atoms with Crippen molar-refractivity contribution in [3.63, 3.8) is 0 Å². The van der Waals surface area contributed by atoms with Crippen molar-refractivity contribution in [1.29, 1.82) is 0 Å². The molecule has 0 spiro atoms. The van der Waals surface area contributed by atoms with Gasteiger partial charge >= 0.3 is 0 Å². The fourth-order valence-corrected chi connectivity index (χ4v) is 3.04. The van der Waals surface area contributed by atoms with E-state index in [1.54, 1.807) is 12.1 Å². The zero-order valence-electron chi connectivity index (χ0n) is 11.2. The summed E-state index contributed by atoms with van der Waals surface area (Å²) in [4.78, 5) is 0.0341. The van der Waals surface area contributed by atoms with Gasteiger partial charge in [-0.15, -0.1) is 10.2 Å². The van der Waals surface area contributed by atoms with E-state index in [2.05, 4.69) is 31.4 Å². The summed E-state index contributed by atoms with van der Waals surface area (Å²) in [5.74, 6) is 0.533. The van der Waals surface area contributed by atoms with Crippen molar-refractivity contribution in [3.05, 3.63) is 53.1 Å². The van der Waals surface area contributed by atoms with Crippen LogP contribution >= 0.6 is 15.9 Å². The van der Waals surface area contributed by atoms with E-state index in [1.807, 2.05) is 24.3 Å². The molecule has 3 rings (SSSR count). The average molecular weight is 379 g/mol. The Morgan fingerprint density at radius 3 is 2.45 bits per heavy atom. The normalized spacial score (nSPS) is 11.5. The number of hydrogen-bond donors (Lipinski definition) is 2. The Bertz CT molecular complexity index is 960. The fraction of sp³-hybridized carbons (Fsp3) is 0. The van der Waals surface area contributed by atoms with E-state index in [9.17, 15) is 8.42 Å². The van der Waals surface area contributed by atoms with Crippen LogP contribution < -0.4 is 10.5 Å². The zero-order chi connectivity index (χ0) is 15.7. The van der Waals surface area contributed by atoms with Gasteiger partial charge < -0.3 is 5.32 Å². The molecule has 0 aliphatic heterocycles. The van der Waals surface area contributed by atoms with Crippen LogP contribution in [0.5, 0.6) is 0 Å². The highest BCUT2D eigenvalue weighted by Crippen LogP contribution is 2.28. The number of nitrogens with one attached hydrogen (secondary N) is 1. The second-order valence-corrected chi connectivity index (χ2v) is 6.90. The minimum absolute atomic E-state index is 0.0341. The summed E-state index contributed by atoms with van der Waals surface area (Å²) in [5.41, 5.74) is 0.563. The molecule has 22 heavy (non-hydrogen) atoms. The van der Waals surface area contributed by atoms with Crippen molar-refractivity contribution in [1.82, 2.24) is 10.2 Å². The standard InChI is InChI=1S/C14H11BrN4O2S/c15-13-11-6-1-2-7-12(11)14(19-18-13)17-9-4-3-5-10(8-9)22(16,20)21/h1-8H,(H,17,19)(H2,16,20,21). The summed E-state index contributed by atoms with van der Waals surface area (Å²) in [7, 11) is -3.75. The minimum atomic E-state index is -3.75. The molecule has 3 N–H and O–H groups in total. The second-order valence-electron chi connectivity index (χ2n) is 4.58. The van der Waals surface area contributed by atoms with Crippen LogP contribution in [0.1, 0.15) is 0 Å². The van der Waals surface area contributed by atoms with Crippen molar-refractivity contribution in [3.8, 4) is 0 Å². The molecule has 1 heterocycles. The lowest BCUT2D eigenvalue weighted by Gasteiger charge is -2.09. The van der Waals surface area contributed by atoms with Gasteiger partial charge in [-0.1, -0.05) is 30.3 Å². The summed E-state index contributed by atoms with van der Waals surface area (Å²) in [6, 6.07) is 13.8. The quantitative estimate of drug-likeness (QED) is 0.729. The number of fused-ring (bicyclic) bond motifs is 1. The number of nitrogens with zero attached hydrogens (tertiary/aromatic N) is 2. The van der Waals surface area contributed by atoms with E-state index >= 15 is 0 Å². The molecule has 0 unspecified atom stereocenters. The van der Waals surface area contributed by atoms with Crippen molar-refractivity contribution in [2.75, 3.05) is 5.32 Å². The number of primary sulfonamides is 1. The fourth-order valence-electron chi connectivity index (χ4n) is 2.05. The summed E-state index contributed by atoms with van der Waals surface area (Å²) in [6.07, 6.45) is 0. The third-order valence-electron chi connectivity index (χ3n) is 3.07. The molecule has 1 aromatic heterocycles. The molecule has 0 saturated heterocycles. The summed E-state index contributed by atoms with van der Waals surface area (Å²) in [6.45, 7) is 0. The molecular weight excluding hydrogens is 368 g/mol. The molecule has 0 atom stereocenters. The van der Waals surface area contributed by atoms with Crippen LogP contribution in [0, 0.1) is 0 Å². The van der Waals surface area contributed by atoms with Gasteiger partial charge in [0.2, 0.25) is 10.0 Å². The number of anilines is 2. The first-order valence-corrected chi connectivity index (χ1v) is 8.60. The third kappa shape index (κ3) is 2.94. The van der Waals surface area contributed by atoms with Gasteiger partial charge in [0.1, 0.15) is 4.60 Å². The van der Waals surface area contributed by atoms with Gasteiger partial charge in [0.05, 0.1) is 4.90 Å². The zero-order valence-corrected chi connectivity index (χ0v) is 13.6. The van der Waals surface area contributed by atoms with Crippen LogP contribution in [0.4, 0.5) is 11.5 Å². The summed E-state index contributed by atoms with van der Waals surface area (Å²) < 4.78 is 23.5. The van der Waals surface area contributed by atoms with Crippen molar-refractivity contribution in [2.45, 2.75) is 4.90 Å². The smallest absolute Gasteiger partial charge is 0.238 e. The summed E-state index contributed by atoms with van der Waals surface area (Å²) >= 11 is 3.36. The van der Waals surface area contributed by atoms with Gasteiger partial charge in [-0.2, -0.15) is 0 Å². The predicted octanol–water partition coefficient (Wildman–Crippen LogP) is 2.78. The molecule has 0 aliphatic carbocycles. The lowest BCUT2D eigenvalue weighted by Crippen LogP contribution is -2.12. The van der Waals surface area contributed by atoms with Crippen molar-refractivity contribution >= 4 is 48.2 Å². The first-order valence-electron chi connectivity index (χ1n) is 6.26. The largest absolute Gasteiger partial charge is 0.338 e. The lowest BCUT2D eigenvalue weighted by atomic mass is 10.2. The Kier molecular flexibility index (Phi) is 3.81. The molecule has 0 bridgehead atoms. The van der Waals surface area contributed by atoms with Crippen molar-refractivity contribution < 1.29 is 8.42 Å². The number of halogens is 1. The molecule has 0 amide bonds. The average Bonchev–Trinajstić information content (AvgIpc) is 2.50. The number of hydrogen-bond acceptors (Lipinski definition) is 5. The molecule has 0 aliphatic rings. The number of aromatic nitrogens is 2. The molecule has 0 radical (unpaired) electrons. The first-order chi connectivity index (χ1) is 10.4. The topological polar surface area (TPSA) is 98.0 Å². The van der Waals surface area contributed by atoms with E-state index in [0.717, 1.165) is 10.8 Å². The van der Waals surface area contributed by atoms with Crippen LogP contribution in [-0.2, 0) is 10.0 Å². The van der Waals surface area contributed by atoms with Crippen LogP contribution in [0.15, 0.2) is 58.0 Å². The van der Waals surface area contributed by atoms with Gasteiger partial charge in [-0.25, -0.2) is 13.6 Å². The maximum atomic E-state index is 11.4. The molecule has 3 aromatic rings. The first kappa shape index (κ1) is 14.9. The Morgan fingerprint density at radius 1 is 1.00 bits per heavy atom. The van der Waals surface area contributed by atoms with Crippen LogP contribution in [-0.4, -0.2) is 18.6 Å². The van der Waals surface area contributed by atoms with E-state index in [0.29, 0.717) is 16.1 Å². The Labute approximate surface area is 135 Å². The molecule has 8 heteroatoms. The Morgan fingerprint density at radius 2 is 1.73 bits per heavy atom. The van der Waals surface area contributed by atoms with E-state index in [1.165, 1.54) is 12.1 Å². The van der Waals surface area contributed by atoms with E-state index in [4.69, 9.17) is 5.14 Å². The van der Waals surface area contributed by atoms with Gasteiger partial charge in [-0.3, -0.25) is 0 Å². The predicted molar refractivity (Wildman–Crippen MR) is 88.3 cm³/mol. The van der Waals surface area contributed by atoms with Gasteiger partial charge in [-0.05, 0) is 34.1 Å². The number of rotatable bonds is 3. The van der Waals surface area contributed by atoms with Gasteiger partial charge in [0, 0.05) is 16.5 Å². The molecule has 2 aromatic carbocycles. The molecule has 0 saturated carbocycles. The van der Waals surface area contributed by atoms with E-state index < -0.39 is 10.0 Å².